The minimum atomic E-state index is -3.86. The van der Waals surface area contributed by atoms with Crippen molar-refractivity contribution >= 4 is 21.6 Å². The van der Waals surface area contributed by atoms with Gasteiger partial charge in [-0.25, -0.2) is 8.42 Å². The Hall–Kier alpha value is -2.34. The number of benzene rings is 2. The van der Waals surface area contributed by atoms with Gasteiger partial charge < -0.3 is 5.32 Å². The van der Waals surface area contributed by atoms with Crippen LogP contribution in [0.3, 0.4) is 0 Å². The monoisotopic (exact) mass is 402 g/mol. The molecule has 0 aliphatic carbocycles. The van der Waals surface area contributed by atoms with E-state index in [9.17, 15) is 13.2 Å². The fourth-order valence-corrected chi connectivity index (χ4v) is 4.43. The fraction of sp³-hybridized carbons (Fsp3) is 0.409. The first-order chi connectivity index (χ1) is 13.3. The molecule has 0 saturated heterocycles. The summed E-state index contributed by atoms with van der Waals surface area (Å²) in [4.78, 5) is 12.7. The molecule has 152 valence electrons. The second-order valence-corrected chi connectivity index (χ2v) is 8.96. The first-order valence-electron chi connectivity index (χ1n) is 9.75. The van der Waals surface area contributed by atoms with Crippen LogP contribution in [0.25, 0.3) is 0 Å². The highest BCUT2D eigenvalue weighted by Gasteiger charge is 2.27. The van der Waals surface area contributed by atoms with Gasteiger partial charge in [-0.05, 0) is 56.5 Å². The van der Waals surface area contributed by atoms with Crippen LogP contribution in [0.15, 0.2) is 53.4 Å². The Kier molecular flexibility index (Phi) is 7.63. The number of hydrogen-bond acceptors (Lipinski definition) is 3. The topological polar surface area (TPSA) is 66.5 Å². The highest BCUT2D eigenvalue weighted by molar-refractivity contribution is 7.92. The molecule has 0 aliphatic heterocycles. The third-order valence-corrected chi connectivity index (χ3v) is 6.45. The summed E-state index contributed by atoms with van der Waals surface area (Å²) in [6, 6.07) is 14.0. The van der Waals surface area contributed by atoms with E-state index in [1.807, 2.05) is 39.8 Å². The molecule has 2 aromatic carbocycles. The predicted octanol–water partition coefficient (Wildman–Crippen LogP) is 4.06. The van der Waals surface area contributed by atoms with E-state index in [4.69, 9.17) is 0 Å². The van der Waals surface area contributed by atoms with Crippen LogP contribution in [0.1, 0.15) is 44.7 Å². The van der Waals surface area contributed by atoms with Gasteiger partial charge in [-0.2, -0.15) is 0 Å². The maximum Gasteiger partial charge on any atom is 0.264 e. The molecule has 0 aliphatic rings. The van der Waals surface area contributed by atoms with Gasteiger partial charge in [0.25, 0.3) is 10.0 Å². The van der Waals surface area contributed by atoms with Crippen molar-refractivity contribution in [3.8, 4) is 0 Å². The van der Waals surface area contributed by atoms with Crippen LogP contribution in [0.4, 0.5) is 5.69 Å². The molecular weight excluding hydrogens is 372 g/mol. The van der Waals surface area contributed by atoms with Crippen LogP contribution in [0, 0.1) is 6.92 Å². The van der Waals surface area contributed by atoms with Gasteiger partial charge >= 0.3 is 0 Å². The normalized spacial score (nSPS) is 12.4. The van der Waals surface area contributed by atoms with E-state index in [0.29, 0.717) is 5.69 Å². The minimum absolute atomic E-state index is 0.00361. The molecule has 28 heavy (non-hydrogen) atoms. The molecule has 5 nitrogen and oxygen atoms in total. The number of sulfonamides is 1. The lowest BCUT2D eigenvalue weighted by Crippen LogP contribution is -2.43. The number of carbonyl (C=O) groups excluding carboxylic acids is 1. The summed E-state index contributed by atoms with van der Waals surface area (Å²) < 4.78 is 27.8. The number of nitrogens with zero attached hydrogens (tertiary/aromatic N) is 1. The summed E-state index contributed by atoms with van der Waals surface area (Å²) >= 11 is 0. The van der Waals surface area contributed by atoms with Crippen LogP contribution >= 0.6 is 0 Å². The number of nitrogens with one attached hydrogen (secondary N) is 1. The number of aryl methyl sites for hydroxylation is 2. The lowest BCUT2D eigenvalue weighted by molar-refractivity contribution is -0.120. The van der Waals surface area contributed by atoms with Crippen molar-refractivity contribution in [1.29, 1.82) is 0 Å². The molecule has 6 heteroatoms. The summed E-state index contributed by atoms with van der Waals surface area (Å²) in [5, 5.41) is 2.89. The lowest BCUT2D eigenvalue weighted by Gasteiger charge is -2.25. The van der Waals surface area contributed by atoms with Crippen molar-refractivity contribution in [2.24, 2.45) is 0 Å². The summed E-state index contributed by atoms with van der Waals surface area (Å²) in [6.45, 7) is 7.66. The van der Waals surface area contributed by atoms with Crippen LogP contribution in [-0.2, 0) is 21.2 Å². The zero-order valence-electron chi connectivity index (χ0n) is 17.1. The highest BCUT2D eigenvalue weighted by Crippen LogP contribution is 2.24. The van der Waals surface area contributed by atoms with Crippen molar-refractivity contribution < 1.29 is 13.2 Å². The second-order valence-electron chi connectivity index (χ2n) is 7.10. The highest BCUT2D eigenvalue weighted by atomic mass is 32.2. The van der Waals surface area contributed by atoms with Crippen LogP contribution < -0.4 is 9.62 Å². The average Bonchev–Trinajstić information content (AvgIpc) is 2.66. The maximum absolute atomic E-state index is 13.3. The van der Waals surface area contributed by atoms with Gasteiger partial charge in [0.15, 0.2) is 0 Å². The predicted molar refractivity (Wildman–Crippen MR) is 114 cm³/mol. The molecular formula is C22H30N2O3S. The maximum atomic E-state index is 13.3. The molecule has 0 radical (unpaired) electrons. The van der Waals surface area contributed by atoms with Crippen LogP contribution in [0.2, 0.25) is 0 Å². The quantitative estimate of drug-likeness (QED) is 0.688. The van der Waals surface area contributed by atoms with Gasteiger partial charge in [0, 0.05) is 6.04 Å². The van der Waals surface area contributed by atoms with Crippen molar-refractivity contribution in [3.63, 3.8) is 0 Å². The van der Waals surface area contributed by atoms with Gasteiger partial charge in [-0.15, -0.1) is 0 Å². The first kappa shape index (κ1) is 22.0. The third-order valence-electron chi connectivity index (χ3n) is 4.66. The molecule has 0 spiro atoms. The molecule has 1 N–H and O–H groups in total. The fourth-order valence-electron chi connectivity index (χ4n) is 3.01. The Morgan fingerprint density at radius 2 is 1.64 bits per heavy atom. The van der Waals surface area contributed by atoms with Crippen molar-refractivity contribution in [2.45, 2.75) is 57.9 Å². The number of amides is 1. The van der Waals surface area contributed by atoms with Crippen LogP contribution in [-0.4, -0.2) is 26.9 Å². The Morgan fingerprint density at radius 3 is 2.18 bits per heavy atom. The zero-order chi connectivity index (χ0) is 20.7. The minimum Gasteiger partial charge on any atom is -0.352 e. The van der Waals surface area contributed by atoms with Crippen molar-refractivity contribution in [2.75, 3.05) is 10.8 Å². The first-order valence-corrected chi connectivity index (χ1v) is 11.2. The molecule has 1 atom stereocenters. The average molecular weight is 403 g/mol. The number of rotatable bonds is 9. The van der Waals surface area contributed by atoms with Gasteiger partial charge in [0.1, 0.15) is 6.54 Å². The van der Waals surface area contributed by atoms with Crippen molar-refractivity contribution in [3.05, 3.63) is 59.7 Å². The number of anilines is 1. The summed E-state index contributed by atoms with van der Waals surface area (Å²) in [6.07, 6.45) is 2.66. The van der Waals surface area contributed by atoms with E-state index in [1.165, 1.54) is 4.31 Å². The molecule has 0 bridgehead atoms. The van der Waals surface area contributed by atoms with E-state index < -0.39 is 10.0 Å². The molecule has 0 saturated carbocycles. The van der Waals surface area contributed by atoms with E-state index in [1.54, 1.807) is 36.4 Å². The summed E-state index contributed by atoms with van der Waals surface area (Å²) in [5.41, 5.74) is 2.57. The Labute approximate surface area is 168 Å². The third kappa shape index (κ3) is 5.58. The standard InChI is InChI=1S/C22H30N2O3S/c1-5-7-18(4)23-22(25)16-24(20-12-10-19(6-2)11-13-20)28(26,27)21-14-8-17(3)9-15-21/h8-15,18H,5-7,16H2,1-4H3,(H,23,25)/t18-/m0/s1. The van der Waals surface area contributed by atoms with Gasteiger partial charge in [0.2, 0.25) is 5.91 Å². The molecule has 0 unspecified atom stereocenters. The molecule has 1 amide bonds. The molecule has 2 rings (SSSR count). The van der Waals surface area contributed by atoms with Gasteiger partial charge in [-0.3, -0.25) is 9.10 Å². The van der Waals surface area contributed by atoms with Crippen molar-refractivity contribution in [1.82, 2.24) is 5.32 Å². The number of hydrogen-bond donors (Lipinski definition) is 1. The SMILES string of the molecule is CCC[C@H](C)NC(=O)CN(c1ccc(CC)cc1)S(=O)(=O)c1ccc(C)cc1. The van der Waals surface area contributed by atoms with Gasteiger partial charge in [0.05, 0.1) is 10.6 Å². The largest absolute Gasteiger partial charge is 0.352 e. The van der Waals surface area contributed by atoms with E-state index in [-0.39, 0.29) is 23.4 Å². The molecule has 0 fully saturated rings. The Morgan fingerprint density at radius 1 is 1.04 bits per heavy atom. The van der Waals surface area contributed by atoms with E-state index in [0.717, 1.165) is 30.4 Å². The van der Waals surface area contributed by atoms with E-state index in [2.05, 4.69) is 5.32 Å². The van der Waals surface area contributed by atoms with Gasteiger partial charge in [-0.1, -0.05) is 50.1 Å². The molecule has 0 aromatic heterocycles. The Bertz CT molecular complexity index is 875. The lowest BCUT2D eigenvalue weighted by atomic mass is 10.1. The molecule has 0 heterocycles. The van der Waals surface area contributed by atoms with E-state index >= 15 is 0 Å². The number of carbonyl (C=O) groups is 1. The zero-order valence-corrected chi connectivity index (χ0v) is 17.9. The molecule has 2 aromatic rings. The second kappa shape index (κ2) is 9.73. The summed E-state index contributed by atoms with van der Waals surface area (Å²) in [5.74, 6) is -0.309. The Balaban J connectivity index is 2.37. The van der Waals surface area contributed by atoms with Crippen LogP contribution in [0.5, 0.6) is 0 Å². The smallest absolute Gasteiger partial charge is 0.264 e. The summed E-state index contributed by atoms with van der Waals surface area (Å²) in [7, 11) is -3.86.